The fraction of sp³-hybridized carbons (Fsp3) is 0.167. The van der Waals surface area contributed by atoms with E-state index in [9.17, 15) is 4.79 Å². The molecule has 6 heteroatoms. The molecule has 3 aromatic rings. The SMILES string of the molecule is COC(=O)c1ccc(NCc2nnc(Cc3ccccc3)o2)cc1. The highest BCUT2D eigenvalue weighted by Crippen LogP contribution is 2.13. The van der Waals surface area contributed by atoms with Gasteiger partial charge >= 0.3 is 5.97 Å². The third kappa shape index (κ3) is 3.98. The van der Waals surface area contributed by atoms with Gasteiger partial charge in [0.15, 0.2) is 0 Å². The van der Waals surface area contributed by atoms with Crippen molar-refractivity contribution in [1.82, 2.24) is 10.2 Å². The first-order valence-corrected chi connectivity index (χ1v) is 7.52. The zero-order valence-electron chi connectivity index (χ0n) is 13.2. The minimum Gasteiger partial charge on any atom is -0.465 e. The second kappa shape index (κ2) is 7.41. The number of methoxy groups -OCH3 is 1. The van der Waals surface area contributed by atoms with Gasteiger partial charge in [0.05, 0.1) is 25.6 Å². The Morgan fingerprint density at radius 2 is 1.75 bits per heavy atom. The molecule has 0 saturated carbocycles. The van der Waals surface area contributed by atoms with Crippen LogP contribution in [-0.4, -0.2) is 23.3 Å². The van der Waals surface area contributed by atoms with Crippen molar-refractivity contribution < 1.29 is 13.9 Å². The summed E-state index contributed by atoms with van der Waals surface area (Å²) in [6.07, 6.45) is 0.613. The highest BCUT2D eigenvalue weighted by Gasteiger charge is 2.08. The molecule has 0 bridgehead atoms. The number of anilines is 1. The Kier molecular flexibility index (Phi) is 4.86. The summed E-state index contributed by atoms with van der Waals surface area (Å²) in [7, 11) is 1.36. The molecule has 0 radical (unpaired) electrons. The Morgan fingerprint density at radius 3 is 2.46 bits per heavy atom. The predicted octanol–water partition coefficient (Wildman–Crippen LogP) is 3.06. The summed E-state index contributed by atoms with van der Waals surface area (Å²) in [5.41, 5.74) is 2.48. The van der Waals surface area contributed by atoms with Crippen LogP contribution >= 0.6 is 0 Å². The second-order valence-electron chi connectivity index (χ2n) is 5.17. The van der Waals surface area contributed by atoms with E-state index in [4.69, 9.17) is 4.42 Å². The van der Waals surface area contributed by atoms with Gasteiger partial charge in [-0.15, -0.1) is 10.2 Å². The molecule has 0 spiro atoms. The van der Waals surface area contributed by atoms with Crippen LogP contribution in [0.15, 0.2) is 59.0 Å². The average Bonchev–Trinajstić information content (AvgIpc) is 3.08. The van der Waals surface area contributed by atoms with Gasteiger partial charge in [-0.25, -0.2) is 4.79 Å². The first-order chi connectivity index (χ1) is 11.7. The number of aromatic nitrogens is 2. The van der Waals surface area contributed by atoms with Crippen molar-refractivity contribution in [3.63, 3.8) is 0 Å². The van der Waals surface area contributed by atoms with Crippen molar-refractivity contribution >= 4 is 11.7 Å². The number of benzene rings is 2. The lowest BCUT2D eigenvalue weighted by Gasteiger charge is -2.04. The molecule has 3 rings (SSSR count). The van der Waals surface area contributed by atoms with Crippen LogP contribution in [0.25, 0.3) is 0 Å². The maximum absolute atomic E-state index is 11.4. The monoisotopic (exact) mass is 323 g/mol. The van der Waals surface area contributed by atoms with Gasteiger partial charge in [0.1, 0.15) is 0 Å². The number of nitrogens with zero attached hydrogens (tertiary/aromatic N) is 2. The fourth-order valence-electron chi connectivity index (χ4n) is 2.22. The molecule has 0 aliphatic carbocycles. The summed E-state index contributed by atoms with van der Waals surface area (Å²) < 4.78 is 10.3. The van der Waals surface area contributed by atoms with Gasteiger partial charge in [-0.3, -0.25) is 0 Å². The summed E-state index contributed by atoms with van der Waals surface area (Å²) in [6.45, 7) is 0.416. The van der Waals surface area contributed by atoms with Crippen molar-refractivity contribution in [1.29, 1.82) is 0 Å². The molecule has 2 aromatic carbocycles. The Labute approximate surface area is 139 Å². The summed E-state index contributed by atoms with van der Waals surface area (Å²) in [6, 6.07) is 17.0. The highest BCUT2D eigenvalue weighted by molar-refractivity contribution is 5.89. The number of hydrogen-bond acceptors (Lipinski definition) is 6. The van der Waals surface area contributed by atoms with Crippen LogP contribution in [0.2, 0.25) is 0 Å². The van der Waals surface area contributed by atoms with Crippen molar-refractivity contribution in [2.45, 2.75) is 13.0 Å². The zero-order chi connectivity index (χ0) is 16.8. The van der Waals surface area contributed by atoms with E-state index in [2.05, 4.69) is 20.3 Å². The molecule has 6 nitrogen and oxygen atoms in total. The van der Waals surface area contributed by atoms with Gasteiger partial charge in [-0.2, -0.15) is 0 Å². The molecule has 1 heterocycles. The highest BCUT2D eigenvalue weighted by atomic mass is 16.5. The molecule has 0 saturated heterocycles. The summed E-state index contributed by atoms with van der Waals surface area (Å²) in [4.78, 5) is 11.4. The molecule has 0 aliphatic heterocycles. The van der Waals surface area contributed by atoms with Crippen LogP contribution < -0.4 is 5.32 Å². The third-order valence-electron chi connectivity index (χ3n) is 3.46. The van der Waals surface area contributed by atoms with Gasteiger partial charge in [-0.05, 0) is 29.8 Å². The van der Waals surface area contributed by atoms with Gasteiger partial charge in [0.25, 0.3) is 0 Å². The Morgan fingerprint density at radius 1 is 1.04 bits per heavy atom. The molecule has 0 unspecified atom stereocenters. The Balaban J connectivity index is 1.56. The van der Waals surface area contributed by atoms with Crippen LogP contribution in [0.3, 0.4) is 0 Å². The van der Waals surface area contributed by atoms with E-state index in [1.165, 1.54) is 7.11 Å². The molecule has 1 N–H and O–H groups in total. The molecule has 1 aromatic heterocycles. The minimum absolute atomic E-state index is 0.357. The van der Waals surface area contributed by atoms with Crippen LogP contribution in [0.5, 0.6) is 0 Å². The van der Waals surface area contributed by atoms with Gasteiger partial charge in [0, 0.05) is 5.69 Å². The molecule has 0 aliphatic rings. The standard InChI is InChI=1S/C18H17N3O3/c1-23-18(22)14-7-9-15(10-8-14)19-12-17-21-20-16(24-17)11-13-5-3-2-4-6-13/h2-10,19H,11-12H2,1H3. The molecule has 0 atom stereocenters. The number of esters is 1. The van der Waals surface area contributed by atoms with Crippen molar-refractivity contribution in [2.24, 2.45) is 0 Å². The van der Waals surface area contributed by atoms with Gasteiger partial charge in [0.2, 0.25) is 11.8 Å². The number of ether oxygens (including phenoxy) is 1. The van der Waals surface area contributed by atoms with E-state index in [0.717, 1.165) is 11.3 Å². The van der Waals surface area contributed by atoms with Crippen molar-refractivity contribution in [2.75, 3.05) is 12.4 Å². The lowest BCUT2D eigenvalue weighted by Crippen LogP contribution is -2.02. The third-order valence-corrected chi connectivity index (χ3v) is 3.46. The number of rotatable bonds is 6. The zero-order valence-corrected chi connectivity index (χ0v) is 13.2. The minimum atomic E-state index is -0.357. The maximum atomic E-state index is 11.4. The topological polar surface area (TPSA) is 77.2 Å². The van der Waals surface area contributed by atoms with E-state index in [1.807, 2.05) is 30.3 Å². The Bertz CT molecular complexity index is 798. The molecule has 0 fully saturated rings. The lowest BCUT2D eigenvalue weighted by atomic mass is 10.2. The predicted molar refractivity (Wildman–Crippen MR) is 88.7 cm³/mol. The first-order valence-electron chi connectivity index (χ1n) is 7.52. The van der Waals surface area contributed by atoms with E-state index in [0.29, 0.717) is 30.3 Å². The summed E-state index contributed by atoms with van der Waals surface area (Å²) in [5.74, 6) is 0.737. The smallest absolute Gasteiger partial charge is 0.337 e. The molecule has 0 amide bonds. The van der Waals surface area contributed by atoms with E-state index in [-0.39, 0.29) is 5.97 Å². The average molecular weight is 323 g/mol. The summed E-state index contributed by atoms with van der Waals surface area (Å²) >= 11 is 0. The number of nitrogens with one attached hydrogen (secondary N) is 1. The van der Waals surface area contributed by atoms with Crippen LogP contribution in [0.1, 0.15) is 27.7 Å². The van der Waals surface area contributed by atoms with Crippen LogP contribution in [-0.2, 0) is 17.7 Å². The normalized spacial score (nSPS) is 10.4. The lowest BCUT2D eigenvalue weighted by molar-refractivity contribution is 0.0601. The van der Waals surface area contributed by atoms with Crippen LogP contribution in [0, 0.1) is 0 Å². The first kappa shape index (κ1) is 15.7. The number of carbonyl (C=O) groups is 1. The van der Waals surface area contributed by atoms with E-state index < -0.39 is 0 Å². The number of carbonyl (C=O) groups excluding carboxylic acids is 1. The van der Waals surface area contributed by atoms with Crippen LogP contribution in [0.4, 0.5) is 5.69 Å². The molecular weight excluding hydrogens is 306 g/mol. The fourth-order valence-corrected chi connectivity index (χ4v) is 2.22. The Hall–Kier alpha value is -3.15. The van der Waals surface area contributed by atoms with Gasteiger partial charge < -0.3 is 14.5 Å². The maximum Gasteiger partial charge on any atom is 0.337 e. The quantitative estimate of drug-likeness (QED) is 0.703. The summed E-state index contributed by atoms with van der Waals surface area (Å²) in [5, 5.41) is 11.3. The van der Waals surface area contributed by atoms with E-state index >= 15 is 0 Å². The molecule has 122 valence electrons. The number of hydrogen-bond donors (Lipinski definition) is 1. The van der Waals surface area contributed by atoms with E-state index in [1.54, 1.807) is 24.3 Å². The second-order valence-corrected chi connectivity index (χ2v) is 5.17. The molecule has 24 heavy (non-hydrogen) atoms. The largest absolute Gasteiger partial charge is 0.465 e. The van der Waals surface area contributed by atoms with Crippen molar-refractivity contribution in [3.8, 4) is 0 Å². The van der Waals surface area contributed by atoms with Gasteiger partial charge in [-0.1, -0.05) is 30.3 Å². The van der Waals surface area contributed by atoms with Crippen molar-refractivity contribution in [3.05, 3.63) is 77.5 Å². The molecular formula is C18H17N3O3.